The zero-order valence-electron chi connectivity index (χ0n) is 14.9. The number of likely N-dealkylation sites (tertiary alicyclic amines) is 1. The molecule has 1 amide bonds. The third-order valence-electron chi connectivity index (χ3n) is 4.61. The Morgan fingerprint density at radius 1 is 1.32 bits per heavy atom. The van der Waals surface area contributed by atoms with E-state index < -0.39 is 0 Å². The van der Waals surface area contributed by atoms with Gasteiger partial charge < -0.3 is 14.4 Å². The predicted octanol–water partition coefficient (Wildman–Crippen LogP) is 3.10. The average molecular weight is 360 g/mol. The summed E-state index contributed by atoms with van der Waals surface area (Å²) < 4.78 is 10.7. The van der Waals surface area contributed by atoms with Crippen LogP contribution < -0.4 is 9.47 Å². The van der Waals surface area contributed by atoms with Crippen molar-refractivity contribution in [2.45, 2.75) is 26.2 Å². The molecule has 1 aliphatic heterocycles. The Morgan fingerprint density at radius 2 is 2.12 bits per heavy atom. The molecule has 1 fully saturated rings. The molecule has 5 nitrogen and oxygen atoms in total. The van der Waals surface area contributed by atoms with Crippen LogP contribution in [0.3, 0.4) is 0 Å². The first-order chi connectivity index (χ1) is 12.1. The molecule has 0 aliphatic carbocycles. The summed E-state index contributed by atoms with van der Waals surface area (Å²) in [4.78, 5) is 18.8. The van der Waals surface area contributed by atoms with Gasteiger partial charge in [0.15, 0.2) is 11.5 Å². The van der Waals surface area contributed by atoms with Crippen molar-refractivity contribution in [3.63, 3.8) is 0 Å². The van der Waals surface area contributed by atoms with E-state index in [1.54, 1.807) is 25.6 Å². The van der Waals surface area contributed by atoms with Crippen LogP contribution in [0.25, 0.3) is 0 Å². The van der Waals surface area contributed by atoms with Crippen molar-refractivity contribution in [2.75, 3.05) is 27.3 Å². The molecule has 1 atom stereocenters. The summed E-state index contributed by atoms with van der Waals surface area (Å²) in [5.74, 6) is 2.16. The quantitative estimate of drug-likeness (QED) is 0.794. The third-order valence-corrected chi connectivity index (χ3v) is 5.43. The van der Waals surface area contributed by atoms with Crippen molar-refractivity contribution in [3.05, 3.63) is 39.8 Å². The first-order valence-electron chi connectivity index (χ1n) is 8.48. The number of hydrogen-bond donors (Lipinski definition) is 0. The SMILES string of the molecule is COc1ccc(CC2CCN(C(=O)Cc3csc(C)n3)C2)cc1OC. The Labute approximate surface area is 152 Å². The second kappa shape index (κ2) is 7.87. The maximum atomic E-state index is 12.5. The van der Waals surface area contributed by atoms with Gasteiger partial charge in [-0.3, -0.25) is 4.79 Å². The third kappa shape index (κ3) is 4.31. The van der Waals surface area contributed by atoms with Gasteiger partial charge in [0.05, 0.1) is 31.3 Å². The molecule has 1 aromatic carbocycles. The van der Waals surface area contributed by atoms with E-state index in [0.29, 0.717) is 12.3 Å². The van der Waals surface area contributed by atoms with Crippen molar-refractivity contribution in [3.8, 4) is 11.5 Å². The second-order valence-corrected chi connectivity index (χ2v) is 7.48. The highest BCUT2D eigenvalue weighted by Crippen LogP contribution is 2.30. The number of nitrogens with zero attached hydrogens (tertiary/aromatic N) is 2. The highest BCUT2D eigenvalue weighted by Gasteiger charge is 2.26. The summed E-state index contributed by atoms with van der Waals surface area (Å²) in [6.07, 6.45) is 2.39. The fraction of sp³-hybridized carbons (Fsp3) is 0.474. The number of benzene rings is 1. The van der Waals surface area contributed by atoms with Crippen LogP contribution in [0, 0.1) is 12.8 Å². The molecule has 0 bridgehead atoms. The van der Waals surface area contributed by atoms with E-state index in [1.807, 2.05) is 29.3 Å². The maximum Gasteiger partial charge on any atom is 0.228 e. The standard InChI is InChI=1S/C19H24N2O3S/c1-13-20-16(12-25-13)10-19(22)21-7-6-15(11-21)8-14-4-5-17(23-2)18(9-14)24-3/h4-5,9,12,15H,6-8,10-11H2,1-3H3. The van der Waals surface area contributed by atoms with Crippen molar-refractivity contribution < 1.29 is 14.3 Å². The molecular formula is C19H24N2O3S. The topological polar surface area (TPSA) is 51.7 Å². The molecule has 0 N–H and O–H groups in total. The van der Waals surface area contributed by atoms with Gasteiger partial charge in [-0.05, 0) is 43.4 Å². The Balaban J connectivity index is 1.56. The molecular weight excluding hydrogens is 336 g/mol. The number of thiazole rings is 1. The summed E-state index contributed by atoms with van der Waals surface area (Å²) in [5, 5.41) is 2.99. The fourth-order valence-electron chi connectivity index (χ4n) is 3.32. The number of aryl methyl sites for hydroxylation is 1. The lowest BCUT2D eigenvalue weighted by Crippen LogP contribution is -2.30. The average Bonchev–Trinajstić information content (AvgIpc) is 3.24. The van der Waals surface area contributed by atoms with E-state index in [9.17, 15) is 4.79 Å². The first-order valence-corrected chi connectivity index (χ1v) is 9.36. The van der Waals surface area contributed by atoms with Crippen LogP contribution in [0.4, 0.5) is 0 Å². The summed E-state index contributed by atoms with van der Waals surface area (Å²) in [7, 11) is 3.29. The van der Waals surface area contributed by atoms with Crippen LogP contribution in [0.1, 0.15) is 22.7 Å². The lowest BCUT2D eigenvalue weighted by Gasteiger charge is -2.16. The van der Waals surface area contributed by atoms with Gasteiger partial charge in [0.25, 0.3) is 0 Å². The predicted molar refractivity (Wildman–Crippen MR) is 98.5 cm³/mol. The molecule has 1 aromatic heterocycles. The van der Waals surface area contributed by atoms with Gasteiger partial charge in [0.2, 0.25) is 5.91 Å². The van der Waals surface area contributed by atoms with E-state index in [1.165, 1.54) is 5.56 Å². The summed E-state index contributed by atoms with van der Waals surface area (Å²) in [6, 6.07) is 6.04. The Morgan fingerprint density at radius 3 is 2.80 bits per heavy atom. The molecule has 2 aromatic rings. The lowest BCUT2D eigenvalue weighted by atomic mass is 9.98. The molecule has 1 unspecified atom stereocenters. The van der Waals surface area contributed by atoms with Crippen LogP contribution in [-0.2, 0) is 17.6 Å². The Kier molecular flexibility index (Phi) is 5.58. The molecule has 0 spiro atoms. The maximum absolute atomic E-state index is 12.5. The van der Waals surface area contributed by atoms with Crippen molar-refractivity contribution >= 4 is 17.2 Å². The monoisotopic (exact) mass is 360 g/mol. The molecule has 0 saturated carbocycles. The van der Waals surface area contributed by atoms with Crippen molar-refractivity contribution in [1.82, 2.24) is 9.88 Å². The molecule has 2 heterocycles. The van der Waals surface area contributed by atoms with Crippen molar-refractivity contribution in [1.29, 1.82) is 0 Å². The van der Waals surface area contributed by atoms with E-state index >= 15 is 0 Å². The van der Waals surface area contributed by atoms with Crippen molar-refractivity contribution in [2.24, 2.45) is 5.92 Å². The highest BCUT2D eigenvalue weighted by molar-refractivity contribution is 7.09. The van der Waals surface area contributed by atoms with E-state index in [2.05, 4.69) is 11.1 Å². The zero-order chi connectivity index (χ0) is 17.8. The molecule has 3 rings (SSSR count). The summed E-state index contributed by atoms with van der Waals surface area (Å²) in [6.45, 7) is 3.61. The van der Waals surface area contributed by atoms with Gasteiger partial charge in [-0.15, -0.1) is 11.3 Å². The molecule has 6 heteroatoms. The fourth-order valence-corrected chi connectivity index (χ4v) is 3.94. The number of methoxy groups -OCH3 is 2. The molecule has 25 heavy (non-hydrogen) atoms. The highest BCUT2D eigenvalue weighted by atomic mass is 32.1. The minimum absolute atomic E-state index is 0.181. The van der Waals surface area contributed by atoms with Gasteiger partial charge in [0.1, 0.15) is 0 Å². The molecule has 1 saturated heterocycles. The van der Waals surface area contributed by atoms with Gasteiger partial charge in [-0.1, -0.05) is 6.07 Å². The molecule has 134 valence electrons. The Bertz CT molecular complexity index is 744. The largest absolute Gasteiger partial charge is 0.493 e. The van der Waals surface area contributed by atoms with Gasteiger partial charge >= 0.3 is 0 Å². The van der Waals surface area contributed by atoms with Gasteiger partial charge in [-0.2, -0.15) is 0 Å². The number of carbonyl (C=O) groups is 1. The smallest absolute Gasteiger partial charge is 0.228 e. The zero-order valence-corrected chi connectivity index (χ0v) is 15.8. The van der Waals surface area contributed by atoms with Gasteiger partial charge in [-0.25, -0.2) is 4.98 Å². The van der Waals surface area contributed by atoms with Crippen LogP contribution in [-0.4, -0.2) is 43.1 Å². The number of carbonyl (C=O) groups excluding carboxylic acids is 1. The van der Waals surface area contributed by atoms with E-state index in [0.717, 1.165) is 48.1 Å². The van der Waals surface area contributed by atoms with Crippen LogP contribution in [0.5, 0.6) is 11.5 Å². The van der Waals surface area contributed by atoms with Crippen LogP contribution in [0.2, 0.25) is 0 Å². The minimum Gasteiger partial charge on any atom is -0.493 e. The molecule has 1 aliphatic rings. The second-order valence-electron chi connectivity index (χ2n) is 6.42. The number of ether oxygens (including phenoxy) is 2. The first kappa shape index (κ1) is 17.7. The number of aromatic nitrogens is 1. The number of rotatable bonds is 6. The lowest BCUT2D eigenvalue weighted by molar-refractivity contribution is -0.129. The summed E-state index contributed by atoms with van der Waals surface area (Å²) >= 11 is 1.59. The Hall–Kier alpha value is -2.08. The van der Waals surface area contributed by atoms with Crippen LogP contribution >= 0.6 is 11.3 Å². The van der Waals surface area contributed by atoms with E-state index in [-0.39, 0.29) is 5.91 Å². The molecule has 0 radical (unpaired) electrons. The normalized spacial score (nSPS) is 16.9. The van der Waals surface area contributed by atoms with Gasteiger partial charge in [0, 0.05) is 18.5 Å². The number of amides is 1. The van der Waals surface area contributed by atoms with E-state index in [4.69, 9.17) is 9.47 Å². The summed E-state index contributed by atoms with van der Waals surface area (Å²) in [5.41, 5.74) is 2.10. The number of hydrogen-bond acceptors (Lipinski definition) is 5. The van der Waals surface area contributed by atoms with Crippen LogP contribution in [0.15, 0.2) is 23.6 Å². The minimum atomic E-state index is 0.181.